The van der Waals surface area contributed by atoms with E-state index in [0.717, 1.165) is 6.07 Å². The third-order valence-electron chi connectivity index (χ3n) is 1.40. The summed E-state index contributed by atoms with van der Waals surface area (Å²) in [7, 11) is 0. The molecule has 0 unspecified atom stereocenters. The fourth-order valence-electron chi connectivity index (χ4n) is 0.813. The number of pyridine rings is 1. The number of alkyl halides is 3. The molecule has 0 spiro atoms. The highest BCUT2D eigenvalue weighted by molar-refractivity contribution is 6.31. The van der Waals surface area contributed by atoms with Crippen molar-refractivity contribution in [3.05, 3.63) is 22.5 Å². The van der Waals surface area contributed by atoms with Gasteiger partial charge >= 0.3 is 0 Å². The summed E-state index contributed by atoms with van der Waals surface area (Å²) in [5.74, 6) is -0.717. The Balaban J connectivity index is 3.25. The number of rotatable bonds is 2. The molecule has 72 valence electrons. The Bertz CT molecular complexity index is 320. The van der Waals surface area contributed by atoms with Gasteiger partial charge in [0.15, 0.2) is 10.9 Å². The van der Waals surface area contributed by atoms with Crippen molar-refractivity contribution in [3.63, 3.8) is 0 Å². The monoisotopic (exact) mass is 227 g/mol. The first-order valence-electron chi connectivity index (χ1n) is 3.28. The van der Waals surface area contributed by atoms with Gasteiger partial charge in [-0.1, -0.05) is 11.6 Å². The Morgan fingerprint density at radius 2 is 2.15 bits per heavy atom. The van der Waals surface area contributed by atoms with Crippen LogP contribution >= 0.6 is 23.2 Å². The van der Waals surface area contributed by atoms with Crippen LogP contribution in [0.4, 0.5) is 8.78 Å². The lowest BCUT2D eigenvalue weighted by Gasteiger charge is -2.06. The molecule has 0 radical (unpaired) electrons. The summed E-state index contributed by atoms with van der Waals surface area (Å²) in [5.41, 5.74) is -0.338. The highest BCUT2D eigenvalue weighted by atomic mass is 35.5. The van der Waals surface area contributed by atoms with Crippen LogP contribution in [0.5, 0.6) is 5.75 Å². The molecule has 1 N–H and O–H groups in total. The molecular formula is C7H5Cl2F2NO. The van der Waals surface area contributed by atoms with E-state index in [0.29, 0.717) is 0 Å². The van der Waals surface area contributed by atoms with E-state index in [9.17, 15) is 8.78 Å². The van der Waals surface area contributed by atoms with Crippen LogP contribution in [0.25, 0.3) is 0 Å². The van der Waals surface area contributed by atoms with Gasteiger partial charge in [0.2, 0.25) is 0 Å². The first-order valence-corrected chi connectivity index (χ1v) is 4.20. The van der Waals surface area contributed by atoms with Crippen molar-refractivity contribution in [1.29, 1.82) is 0 Å². The van der Waals surface area contributed by atoms with Crippen molar-refractivity contribution in [2.24, 2.45) is 0 Å². The van der Waals surface area contributed by atoms with E-state index in [1.54, 1.807) is 0 Å². The maximum Gasteiger partial charge on any atom is 0.267 e. The number of aromatic hydroxyl groups is 1. The van der Waals surface area contributed by atoms with Crippen LogP contribution in [0, 0.1) is 0 Å². The molecule has 0 saturated heterocycles. The molecule has 1 aromatic heterocycles. The molecule has 0 atom stereocenters. The van der Waals surface area contributed by atoms with E-state index in [1.807, 2.05) is 0 Å². The lowest BCUT2D eigenvalue weighted by atomic mass is 10.2. The second-order valence-electron chi connectivity index (χ2n) is 2.28. The number of hydrogen-bond acceptors (Lipinski definition) is 2. The molecular weight excluding hydrogens is 223 g/mol. The number of aromatic nitrogens is 1. The molecule has 13 heavy (non-hydrogen) atoms. The smallest absolute Gasteiger partial charge is 0.267 e. The molecule has 0 amide bonds. The molecule has 1 rings (SSSR count). The lowest BCUT2D eigenvalue weighted by molar-refractivity contribution is 0.147. The van der Waals surface area contributed by atoms with Crippen LogP contribution < -0.4 is 0 Å². The fraction of sp³-hybridized carbons (Fsp3) is 0.286. The molecule has 1 aromatic rings. The van der Waals surface area contributed by atoms with Crippen molar-refractivity contribution >= 4 is 23.2 Å². The highest BCUT2D eigenvalue weighted by Crippen LogP contribution is 2.33. The van der Waals surface area contributed by atoms with Gasteiger partial charge < -0.3 is 5.11 Å². The number of hydrogen-bond donors (Lipinski definition) is 1. The molecule has 0 saturated carbocycles. The zero-order valence-corrected chi connectivity index (χ0v) is 7.78. The zero-order valence-electron chi connectivity index (χ0n) is 6.27. The first-order chi connectivity index (χ1) is 6.06. The maximum atomic E-state index is 12.2. The summed E-state index contributed by atoms with van der Waals surface area (Å²) >= 11 is 10.8. The average Bonchev–Trinajstić information content (AvgIpc) is 2.09. The van der Waals surface area contributed by atoms with Crippen molar-refractivity contribution in [2.75, 3.05) is 0 Å². The highest BCUT2D eigenvalue weighted by Gasteiger charge is 2.17. The van der Waals surface area contributed by atoms with Crippen molar-refractivity contribution in [3.8, 4) is 5.75 Å². The molecule has 6 heteroatoms. The van der Waals surface area contributed by atoms with Crippen LogP contribution in [0.1, 0.15) is 17.7 Å². The van der Waals surface area contributed by atoms with E-state index < -0.39 is 17.7 Å². The second-order valence-corrected chi connectivity index (χ2v) is 2.90. The summed E-state index contributed by atoms with van der Waals surface area (Å²) < 4.78 is 24.5. The maximum absolute atomic E-state index is 12.2. The number of nitrogens with zero attached hydrogens (tertiary/aromatic N) is 1. The van der Waals surface area contributed by atoms with Crippen LogP contribution in [-0.2, 0) is 5.88 Å². The molecule has 1 heterocycles. The van der Waals surface area contributed by atoms with Crippen LogP contribution in [0.3, 0.4) is 0 Å². The van der Waals surface area contributed by atoms with Gasteiger partial charge in [0.25, 0.3) is 6.43 Å². The average molecular weight is 228 g/mol. The normalized spacial score (nSPS) is 10.8. The zero-order chi connectivity index (χ0) is 10.0. The molecule has 2 nitrogen and oxygen atoms in total. The minimum atomic E-state index is -2.79. The largest absolute Gasteiger partial charge is 0.504 e. The number of halogens is 4. The Morgan fingerprint density at radius 3 is 2.62 bits per heavy atom. The summed E-state index contributed by atoms with van der Waals surface area (Å²) in [5, 5.41) is 8.72. The third kappa shape index (κ3) is 2.19. The van der Waals surface area contributed by atoms with Crippen molar-refractivity contribution in [2.45, 2.75) is 12.3 Å². The predicted octanol–water partition coefficient (Wildman–Crippen LogP) is 3.12. The SMILES string of the molecule is Oc1c(C(F)F)cc(CCl)nc1Cl. The van der Waals surface area contributed by atoms with Crippen molar-refractivity contribution < 1.29 is 13.9 Å². The second kappa shape index (κ2) is 4.07. The lowest BCUT2D eigenvalue weighted by Crippen LogP contribution is -1.93. The topological polar surface area (TPSA) is 33.1 Å². The minimum Gasteiger partial charge on any atom is -0.504 e. The first kappa shape index (κ1) is 10.5. The van der Waals surface area contributed by atoms with Gasteiger partial charge in [-0.2, -0.15) is 0 Å². The van der Waals surface area contributed by atoms with Crippen LogP contribution in [-0.4, -0.2) is 10.1 Å². The predicted molar refractivity (Wildman–Crippen MR) is 45.4 cm³/mol. The Hall–Kier alpha value is -0.610. The quantitative estimate of drug-likeness (QED) is 0.623. The molecule has 0 bridgehead atoms. The summed E-state index contributed by atoms with van der Waals surface area (Å²) in [4.78, 5) is 3.58. The molecule has 0 aliphatic heterocycles. The van der Waals surface area contributed by atoms with Gasteiger partial charge in [0, 0.05) is 0 Å². The Kier molecular flexibility index (Phi) is 3.27. The van der Waals surface area contributed by atoms with Crippen LogP contribution in [0.2, 0.25) is 5.15 Å². The summed E-state index contributed by atoms with van der Waals surface area (Å²) in [6, 6.07) is 1.03. The summed E-state index contributed by atoms with van der Waals surface area (Å²) in [6.45, 7) is 0. The van der Waals surface area contributed by atoms with Crippen LogP contribution in [0.15, 0.2) is 6.07 Å². The third-order valence-corrected chi connectivity index (χ3v) is 1.94. The van der Waals surface area contributed by atoms with Gasteiger partial charge in [-0.25, -0.2) is 13.8 Å². The van der Waals surface area contributed by atoms with Gasteiger partial charge in [0.05, 0.1) is 17.1 Å². The molecule has 0 aliphatic rings. The van der Waals surface area contributed by atoms with Gasteiger partial charge in [-0.15, -0.1) is 11.6 Å². The standard InChI is InChI=1S/C7H5Cl2F2NO/c8-2-3-1-4(7(10)11)5(13)6(9)12-3/h1,7,13H,2H2. The van der Waals surface area contributed by atoms with Gasteiger partial charge in [0.1, 0.15) is 0 Å². The van der Waals surface area contributed by atoms with E-state index >= 15 is 0 Å². The van der Waals surface area contributed by atoms with E-state index in [4.69, 9.17) is 28.3 Å². The van der Waals surface area contributed by atoms with Gasteiger partial charge in [-0.05, 0) is 6.07 Å². The minimum absolute atomic E-state index is 0.0281. The van der Waals surface area contributed by atoms with E-state index in [-0.39, 0.29) is 16.7 Å². The Labute approximate surface area is 83.1 Å². The van der Waals surface area contributed by atoms with Gasteiger partial charge in [-0.3, -0.25) is 0 Å². The molecule has 0 aromatic carbocycles. The van der Waals surface area contributed by atoms with E-state index in [1.165, 1.54) is 0 Å². The van der Waals surface area contributed by atoms with E-state index in [2.05, 4.69) is 4.98 Å². The molecule has 0 fully saturated rings. The van der Waals surface area contributed by atoms with Crippen molar-refractivity contribution in [1.82, 2.24) is 4.98 Å². The Morgan fingerprint density at radius 1 is 1.54 bits per heavy atom. The molecule has 0 aliphatic carbocycles. The summed E-state index contributed by atoms with van der Waals surface area (Å²) in [6.07, 6.45) is -2.79. The fourth-order valence-corrected chi connectivity index (χ4v) is 1.17.